The molecule has 0 aliphatic heterocycles. The van der Waals surface area contributed by atoms with E-state index in [2.05, 4.69) is 0 Å². The third kappa shape index (κ3) is 5.32. The van der Waals surface area contributed by atoms with E-state index in [0.29, 0.717) is 5.69 Å². The van der Waals surface area contributed by atoms with E-state index in [1.54, 1.807) is 0 Å². The van der Waals surface area contributed by atoms with Gasteiger partial charge >= 0.3 is 12.1 Å². The van der Waals surface area contributed by atoms with Crippen LogP contribution in [-0.4, -0.2) is 40.1 Å². The van der Waals surface area contributed by atoms with E-state index in [1.165, 1.54) is 31.3 Å². The molecule has 0 aromatic heterocycles. The maximum Gasteiger partial charge on any atom is 0.416 e. The first kappa shape index (κ1) is 21.4. The number of Topliss-reactive ketones (excluding diaryl/α,β-unsaturated/α-hetero) is 1. The molecule has 2 aromatic carbocycles. The average Bonchev–Trinajstić information content (AvgIpc) is 2.64. The summed E-state index contributed by atoms with van der Waals surface area (Å²) >= 11 is 0. The molecule has 0 radical (unpaired) electrons. The van der Waals surface area contributed by atoms with Gasteiger partial charge in [-0.3, -0.25) is 9.10 Å². The zero-order chi connectivity index (χ0) is 21.1. The molecular formula is C18H16F3NO5S. The minimum Gasteiger partial charge on any atom is -0.454 e. The Morgan fingerprint density at radius 3 is 1.93 bits per heavy atom. The number of carbonyl (C=O) groups is 2. The van der Waals surface area contributed by atoms with Crippen molar-refractivity contribution in [2.45, 2.75) is 6.18 Å². The first-order chi connectivity index (χ1) is 12.9. The highest BCUT2D eigenvalue weighted by molar-refractivity contribution is 7.92. The molecule has 0 unspecified atom stereocenters. The average molecular weight is 415 g/mol. The highest BCUT2D eigenvalue weighted by Gasteiger charge is 2.30. The molecule has 0 saturated heterocycles. The van der Waals surface area contributed by atoms with Gasteiger partial charge < -0.3 is 4.74 Å². The molecule has 6 nitrogen and oxygen atoms in total. The fourth-order valence-corrected chi connectivity index (χ4v) is 2.65. The van der Waals surface area contributed by atoms with E-state index in [-0.39, 0.29) is 11.1 Å². The SMILES string of the molecule is CN(c1ccc(C(=O)COC(=O)c2ccc(C(F)(F)F)cc2)cc1)S(C)(=O)=O. The van der Waals surface area contributed by atoms with Crippen LogP contribution >= 0.6 is 0 Å². The second-order valence-corrected chi connectivity index (χ2v) is 7.87. The summed E-state index contributed by atoms with van der Waals surface area (Å²) in [6.07, 6.45) is -3.48. The molecule has 0 fully saturated rings. The number of carbonyl (C=O) groups excluding carboxylic acids is 2. The number of ketones is 1. The second kappa shape index (κ2) is 8.01. The van der Waals surface area contributed by atoms with Crippen molar-refractivity contribution in [2.75, 3.05) is 24.2 Å². The monoisotopic (exact) mass is 415 g/mol. The van der Waals surface area contributed by atoms with Gasteiger partial charge in [0.15, 0.2) is 12.4 Å². The first-order valence-corrected chi connectivity index (χ1v) is 9.66. The number of hydrogen-bond donors (Lipinski definition) is 0. The van der Waals surface area contributed by atoms with Crippen molar-refractivity contribution in [3.05, 3.63) is 65.2 Å². The molecule has 0 spiro atoms. The zero-order valence-corrected chi connectivity index (χ0v) is 15.7. The van der Waals surface area contributed by atoms with Crippen LogP contribution < -0.4 is 4.31 Å². The number of anilines is 1. The number of alkyl halides is 3. The molecule has 0 N–H and O–H groups in total. The van der Waals surface area contributed by atoms with E-state index < -0.39 is 40.1 Å². The number of nitrogens with zero attached hydrogens (tertiary/aromatic N) is 1. The number of sulfonamides is 1. The molecule has 28 heavy (non-hydrogen) atoms. The zero-order valence-electron chi connectivity index (χ0n) is 14.9. The Kier molecular flexibility index (Phi) is 6.13. The Bertz CT molecular complexity index is 968. The topological polar surface area (TPSA) is 80.8 Å². The van der Waals surface area contributed by atoms with Crippen LogP contribution in [0, 0.1) is 0 Å². The Balaban J connectivity index is 1.99. The fourth-order valence-electron chi connectivity index (χ4n) is 2.14. The summed E-state index contributed by atoms with van der Waals surface area (Å²) in [6.45, 7) is -0.610. The molecular weight excluding hydrogens is 399 g/mol. The summed E-state index contributed by atoms with van der Waals surface area (Å²) in [5, 5.41) is 0. The minimum absolute atomic E-state index is 0.120. The van der Waals surface area contributed by atoms with Crippen LogP contribution in [0.15, 0.2) is 48.5 Å². The highest BCUT2D eigenvalue weighted by Crippen LogP contribution is 2.29. The molecule has 0 aliphatic carbocycles. The van der Waals surface area contributed by atoms with Crippen molar-refractivity contribution in [3.8, 4) is 0 Å². The van der Waals surface area contributed by atoms with Crippen molar-refractivity contribution < 1.29 is 35.9 Å². The van der Waals surface area contributed by atoms with Gasteiger partial charge in [0.05, 0.1) is 23.1 Å². The van der Waals surface area contributed by atoms with Gasteiger partial charge in [0, 0.05) is 12.6 Å². The third-order valence-electron chi connectivity index (χ3n) is 3.83. The van der Waals surface area contributed by atoms with Crippen LogP contribution in [0.25, 0.3) is 0 Å². The van der Waals surface area contributed by atoms with E-state index in [0.717, 1.165) is 34.8 Å². The van der Waals surface area contributed by atoms with Gasteiger partial charge in [0.1, 0.15) is 0 Å². The van der Waals surface area contributed by atoms with Crippen LogP contribution in [0.2, 0.25) is 0 Å². The summed E-state index contributed by atoms with van der Waals surface area (Å²) in [5.74, 6) is -1.48. The van der Waals surface area contributed by atoms with Gasteiger partial charge in [-0.05, 0) is 48.5 Å². The summed E-state index contributed by atoms with van der Waals surface area (Å²) in [4.78, 5) is 24.0. The lowest BCUT2D eigenvalue weighted by atomic mass is 10.1. The minimum atomic E-state index is -4.52. The Labute approximate surface area is 159 Å². The molecule has 10 heteroatoms. The highest BCUT2D eigenvalue weighted by atomic mass is 32.2. The number of esters is 1. The maximum atomic E-state index is 12.5. The van der Waals surface area contributed by atoms with Gasteiger partial charge in [0.25, 0.3) is 0 Å². The Hall–Kier alpha value is -2.88. The predicted octanol–water partition coefficient (Wildman–Crippen LogP) is 3.14. The summed E-state index contributed by atoms with van der Waals surface area (Å²) in [5.41, 5.74) is -0.489. The predicted molar refractivity (Wildman–Crippen MR) is 95.7 cm³/mol. The van der Waals surface area contributed by atoms with Gasteiger partial charge in [0.2, 0.25) is 10.0 Å². The Morgan fingerprint density at radius 1 is 0.964 bits per heavy atom. The lowest BCUT2D eigenvalue weighted by Crippen LogP contribution is -2.24. The quantitative estimate of drug-likeness (QED) is 0.535. The molecule has 0 heterocycles. The standard InChI is InChI=1S/C18H16F3NO5S/c1-22(28(2,25)26)15-9-5-12(6-10-15)16(23)11-27-17(24)13-3-7-14(8-4-13)18(19,20)21/h3-10H,11H2,1-2H3. The van der Waals surface area contributed by atoms with E-state index in [1.807, 2.05) is 0 Å². The van der Waals surface area contributed by atoms with Crippen molar-refractivity contribution in [1.29, 1.82) is 0 Å². The van der Waals surface area contributed by atoms with Crippen molar-refractivity contribution in [2.24, 2.45) is 0 Å². The lowest BCUT2D eigenvalue weighted by Gasteiger charge is -2.16. The smallest absolute Gasteiger partial charge is 0.416 e. The van der Waals surface area contributed by atoms with Crippen LogP contribution in [0.1, 0.15) is 26.3 Å². The largest absolute Gasteiger partial charge is 0.454 e. The first-order valence-electron chi connectivity index (χ1n) is 7.81. The fraction of sp³-hybridized carbons (Fsp3) is 0.222. The molecule has 0 amide bonds. The molecule has 0 atom stereocenters. The van der Waals surface area contributed by atoms with E-state index >= 15 is 0 Å². The van der Waals surface area contributed by atoms with Crippen LogP contribution in [0.4, 0.5) is 18.9 Å². The molecule has 2 rings (SSSR count). The summed E-state index contributed by atoms with van der Waals surface area (Å²) in [7, 11) is -2.09. The molecule has 150 valence electrons. The number of halogens is 3. The van der Waals surface area contributed by atoms with Crippen LogP contribution in [0.5, 0.6) is 0 Å². The van der Waals surface area contributed by atoms with Gasteiger partial charge in [-0.2, -0.15) is 13.2 Å². The second-order valence-electron chi connectivity index (χ2n) is 5.85. The van der Waals surface area contributed by atoms with Crippen molar-refractivity contribution in [3.63, 3.8) is 0 Å². The normalized spacial score (nSPS) is 11.8. The maximum absolute atomic E-state index is 12.5. The number of ether oxygens (including phenoxy) is 1. The Morgan fingerprint density at radius 2 is 1.46 bits per heavy atom. The van der Waals surface area contributed by atoms with Crippen molar-refractivity contribution in [1.82, 2.24) is 0 Å². The molecule has 0 saturated carbocycles. The molecule has 2 aromatic rings. The number of rotatable bonds is 6. The summed E-state index contributed by atoms with van der Waals surface area (Å²) in [6, 6.07) is 9.02. The third-order valence-corrected chi connectivity index (χ3v) is 5.04. The van der Waals surface area contributed by atoms with Gasteiger partial charge in [-0.25, -0.2) is 13.2 Å². The van der Waals surface area contributed by atoms with E-state index in [4.69, 9.17) is 4.74 Å². The number of benzene rings is 2. The van der Waals surface area contributed by atoms with E-state index in [9.17, 15) is 31.2 Å². The van der Waals surface area contributed by atoms with Crippen LogP contribution in [-0.2, 0) is 20.9 Å². The van der Waals surface area contributed by atoms with Crippen molar-refractivity contribution >= 4 is 27.5 Å². The number of hydrogen-bond acceptors (Lipinski definition) is 5. The molecule has 0 bridgehead atoms. The summed E-state index contributed by atoms with van der Waals surface area (Å²) < 4.78 is 66.3. The molecule has 0 aliphatic rings. The lowest BCUT2D eigenvalue weighted by molar-refractivity contribution is -0.137. The van der Waals surface area contributed by atoms with Crippen LogP contribution in [0.3, 0.4) is 0 Å². The van der Waals surface area contributed by atoms with Gasteiger partial charge in [-0.1, -0.05) is 0 Å². The van der Waals surface area contributed by atoms with Gasteiger partial charge in [-0.15, -0.1) is 0 Å².